The highest BCUT2D eigenvalue weighted by atomic mass is 16.5. The zero-order valence-corrected chi connectivity index (χ0v) is 15.9. The van der Waals surface area contributed by atoms with Crippen molar-refractivity contribution in [2.24, 2.45) is 5.73 Å². The lowest BCUT2D eigenvalue weighted by atomic mass is 10.1. The van der Waals surface area contributed by atoms with Crippen molar-refractivity contribution in [2.75, 3.05) is 0 Å². The van der Waals surface area contributed by atoms with Crippen molar-refractivity contribution in [1.29, 1.82) is 0 Å². The predicted molar refractivity (Wildman–Crippen MR) is 98.6 cm³/mol. The van der Waals surface area contributed by atoms with Gasteiger partial charge in [-0.3, -0.25) is 10.1 Å². The number of esters is 1. The summed E-state index contributed by atoms with van der Waals surface area (Å²) in [5.74, 6) is -1.63. The second-order valence-corrected chi connectivity index (χ2v) is 7.02. The molecule has 0 fully saturated rings. The summed E-state index contributed by atoms with van der Waals surface area (Å²) in [5.41, 5.74) is 5.35. The fraction of sp³-hybridized carbons (Fsp3) is 0.444. The summed E-state index contributed by atoms with van der Waals surface area (Å²) < 4.78 is 5.08. The SMILES string of the molecule is C[C@@H](OC(=O)[C@H](Cc1ccccc1)NC(N)=O)C(=O)NC(=O)NC(C)(C)C. The number of ether oxygens (including phenoxy) is 1. The van der Waals surface area contributed by atoms with Gasteiger partial charge in [0.05, 0.1) is 0 Å². The van der Waals surface area contributed by atoms with Crippen molar-refractivity contribution in [2.45, 2.75) is 51.8 Å². The third kappa shape index (κ3) is 8.70. The molecule has 0 spiro atoms. The van der Waals surface area contributed by atoms with Crippen LogP contribution in [0.2, 0.25) is 0 Å². The molecule has 1 aromatic carbocycles. The van der Waals surface area contributed by atoms with Gasteiger partial charge in [-0.1, -0.05) is 30.3 Å². The number of urea groups is 2. The lowest BCUT2D eigenvalue weighted by Gasteiger charge is -2.22. The first-order valence-corrected chi connectivity index (χ1v) is 8.41. The van der Waals surface area contributed by atoms with Crippen molar-refractivity contribution in [3.63, 3.8) is 0 Å². The van der Waals surface area contributed by atoms with E-state index in [1.165, 1.54) is 6.92 Å². The molecule has 1 aromatic rings. The van der Waals surface area contributed by atoms with Crippen LogP contribution >= 0.6 is 0 Å². The Labute approximate surface area is 158 Å². The number of hydrogen-bond acceptors (Lipinski definition) is 5. The highest BCUT2D eigenvalue weighted by molar-refractivity contribution is 5.97. The topological polar surface area (TPSA) is 140 Å². The molecule has 0 aliphatic heterocycles. The molecule has 5 amide bonds. The molecule has 0 aromatic heterocycles. The number of nitrogens with two attached hydrogens (primary N) is 1. The zero-order valence-electron chi connectivity index (χ0n) is 15.9. The molecule has 148 valence electrons. The molecule has 0 unspecified atom stereocenters. The number of nitrogens with one attached hydrogen (secondary N) is 3. The first kappa shape index (κ1) is 21.9. The minimum absolute atomic E-state index is 0.140. The van der Waals surface area contributed by atoms with Crippen LogP contribution in [0.3, 0.4) is 0 Å². The summed E-state index contributed by atoms with van der Waals surface area (Å²) in [4.78, 5) is 47.3. The van der Waals surface area contributed by atoms with Crippen molar-refractivity contribution < 1.29 is 23.9 Å². The van der Waals surface area contributed by atoms with Crippen molar-refractivity contribution in [3.8, 4) is 0 Å². The Morgan fingerprint density at radius 1 is 1.11 bits per heavy atom. The molecule has 0 aliphatic carbocycles. The number of carbonyl (C=O) groups excluding carboxylic acids is 4. The number of primary amides is 1. The molecule has 1 rings (SSSR count). The summed E-state index contributed by atoms with van der Waals surface area (Å²) in [6, 6.07) is 6.27. The predicted octanol–water partition coefficient (Wildman–Crippen LogP) is 0.822. The Hall–Kier alpha value is -3.10. The second kappa shape index (κ2) is 9.56. The van der Waals surface area contributed by atoms with Crippen molar-refractivity contribution >= 4 is 23.9 Å². The molecule has 0 radical (unpaired) electrons. The average Bonchev–Trinajstić information content (AvgIpc) is 2.52. The lowest BCUT2D eigenvalue weighted by molar-refractivity contribution is -0.156. The van der Waals surface area contributed by atoms with E-state index in [4.69, 9.17) is 10.5 Å². The van der Waals surface area contributed by atoms with Gasteiger partial charge in [0.25, 0.3) is 5.91 Å². The van der Waals surface area contributed by atoms with Gasteiger partial charge in [-0.25, -0.2) is 14.4 Å². The van der Waals surface area contributed by atoms with Crippen LogP contribution in [0.1, 0.15) is 33.3 Å². The van der Waals surface area contributed by atoms with Crippen LogP contribution in [0.4, 0.5) is 9.59 Å². The number of hydrogen-bond donors (Lipinski definition) is 4. The summed E-state index contributed by atoms with van der Waals surface area (Å²) >= 11 is 0. The monoisotopic (exact) mass is 378 g/mol. The molecule has 0 saturated heterocycles. The fourth-order valence-corrected chi connectivity index (χ4v) is 2.11. The standard InChI is InChI=1S/C18H26N4O5/c1-11(14(23)21-17(26)22-18(2,3)4)27-15(24)13(20-16(19)25)10-12-8-6-5-7-9-12/h5-9,11,13H,10H2,1-4H3,(H3,19,20,25)(H2,21,22,23,26)/t11-,13+/m1/s1. The van der Waals surface area contributed by atoms with Crippen LogP contribution in [0.15, 0.2) is 30.3 Å². The number of rotatable bonds is 6. The molecule has 5 N–H and O–H groups in total. The van der Waals surface area contributed by atoms with Crippen LogP contribution in [-0.4, -0.2) is 41.6 Å². The molecule has 2 atom stereocenters. The summed E-state index contributed by atoms with van der Waals surface area (Å²) in [6.45, 7) is 6.58. The van der Waals surface area contributed by atoms with Crippen LogP contribution in [0.5, 0.6) is 0 Å². The van der Waals surface area contributed by atoms with Crippen LogP contribution in [0.25, 0.3) is 0 Å². The molecular formula is C18H26N4O5. The summed E-state index contributed by atoms with van der Waals surface area (Å²) in [5, 5.41) is 6.95. The van der Waals surface area contributed by atoms with Crippen molar-refractivity contribution in [3.05, 3.63) is 35.9 Å². The van der Waals surface area contributed by atoms with Gasteiger partial charge >= 0.3 is 18.0 Å². The van der Waals surface area contributed by atoms with E-state index in [1.807, 2.05) is 6.07 Å². The summed E-state index contributed by atoms with van der Waals surface area (Å²) in [7, 11) is 0. The Balaban J connectivity index is 2.69. The van der Waals surface area contributed by atoms with Gasteiger partial charge in [-0.05, 0) is 33.3 Å². The van der Waals surface area contributed by atoms with Gasteiger partial charge < -0.3 is 21.1 Å². The molecule has 27 heavy (non-hydrogen) atoms. The Morgan fingerprint density at radius 2 is 1.70 bits per heavy atom. The second-order valence-electron chi connectivity index (χ2n) is 7.02. The van der Waals surface area contributed by atoms with E-state index in [0.29, 0.717) is 0 Å². The number of carbonyl (C=O) groups is 4. The van der Waals surface area contributed by atoms with Crippen LogP contribution in [0, 0.1) is 0 Å². The first-order valence-electron chi connectivity index (χ1n) is 8.41. The maximum absolute atomic E-state index is 12.3. The quantitative estimate of drug-likeness (QED) is 0.543. The number of amides is 5. The first-order chi connectivity index (χ1) is 12.5. The third-order valence-electron chi connectivity index (χ3n) is 3.27. The van der Waals surface area contributed by atoms with Gasteiger partial charge in [0, 0.05) is 12.0 Å². The van der Waals surface area contributed by atoms with E-state index in [1.54, 1.807) is 45.0 Å². The lowest BCUT2D eigenvalue weighted by Crippen LogP contribution is -2.52. The van der Waals surface area contributed by atoms with Gasteiger partial charge in [0.15, 0.2) is 6.10 Å². The minimum atomic E-state index is -1.24. The van der Waals surface area contributed by atoms with E-state index in [9.17, 15) is 19.2 Å². The summed E-state index contributed by atoms with van der Waals surface area (Å²) in [6.07, 6.45) is -1.10. The molecule has 0 heterocycles. The molecule has 0 bridgehead atoms. The molecular weight excluding hydrogens is 352 g/mol. The largest absolute Gasteiger partial charge is 0.451 e. The van der Waals surface area contributed by atoms with Gasteiger partial charge in [-0.15, -0.1) is 0 Å². The van der Waals surface area contributed by atoms with Gasteiger partial charge in [0.1, 0.15) is 6.04 Å². The number of imide groups is 1. The highest BCUT2D eigenvalue weighted by Crippen LogP contribution is 2.06. The van der Waals surface area contributed by atoms with Gasteiger partial charge in [-0.2, -0.15) is 0 Å². The smallest absolute Gasteiger partial charge is 0.329 e. The Kier molecular flexibility index (Phi) is 7.77. The van der Waals surface area contributed by atoms with E-state index < -0.39 is 41.6 Å². The van der Waals surface area contributed by atoms with E-state index in [0.717, 1.165) is 5.56 Å². The molecule has 0 saturated carbocycles. The fourth-order valence-electron chi connectivity index (χ4n) is 2.11. The normalized spacial score (nSPS) is 13.0. The van der Waals surface area contributed by atoms with E-state index in [2.05, 4.69) is 16.0 Å². The zero-order chi connectivity index (χ0) is 20.6. The molecule has 0 aliphatic rings. The molecule has 9 heteroatoms. The minimum Gasteiger partial charge on any atom is -0.451 e. The van der Waals surface area contributed by atoms with Crippen LogP contribution in [-0.2, 0) is 20.7 Å². The third-order valence-corrected chi connectivity index (χ3v) is 3.27. The maximum Gasteiger partial charge on any atom is 0.329 e. The maximum atomic E-state index is 12.3. The highest BCUT2D eigenvalue weighted by Gasteiger charge is 2.27. The van der Waals surface area contributed by atoms with E-state index >= 15 is 0 Å². The average molecular weight is 378 g/mol. The molecule has 9 nitrogen and oxygen atoms in total. The number of benzene rings is 1. The van der Waals surface area contributed by atoms with E-state index in [-0.39, 0.29) is 6.42 Å². The van der Waals surface area contributed by atoms with Gasteiger partial charge in [0.2, 0.25) is 0 Å². The Morgan fingerprint density at radius 3 is 2.22 bits per heavy atom. The van der Waals surface area contributed by atoms with Crippen LogP contribution < -0.4 is 21.7 Å². The van der Waals surface area contributed by atoms with Crippen molar-refractivity contribution in [1.82, 2.24) is 16.0 Å². The Bertz CT molecular complexity index is 685.